The summed E-state index contributed by atoms with van der Waals surface area (Å²) in [6.07, 6.45) is 5.21. The van der Waals surface area contributed by atoms with Gasteiger partial charge in [0.05, 0.1) is 6.33 Å². The van der Waals surface area contributed by atoms with Crippen molar-refractivity contribution in [3.63, 3.8) is 0 Å². The van der Waals surface area contributed by atoms with Crippen molar-refractivity contribution in [1.29, 1.82) is 0 Å². The molecule has 0 amide bonds. The van der Waals surface area contributed by atoms with Gasteiger partial charge in [-0.2, -0.15) is 0 Å². The van der Waals surface area contributed by atoms with Gasteiger partial charge >= 0.3 is 0 Å². The normalized spacial score (nSPS) is 20.2. The highest BCUT2D eigenvalue weighted by molar-refractivity contribution is 6.31. The minimum Gasteiger partial charge on any atom is -0.487 e. The third-order valence-corrected chi connectivity index (χ3v) is 4.90. The molecule has 7 heteroatoms. The molecule has 0 fully saturated rings. The van der Waals surface area contributed by atoms with Crippen LogP contribution >= 0.6 is 23.2 Å². The third kappa shape index (κ3) is 3.80. The van der Waals surface area contributed by atoms with E-state index < -0.39 is 0 Å². The summed E-state index contributed by atoms with van der Waals surface area (Å²) in [4.78, 5) is 9.84. The predicted octanol–water partition coefficient (Wildman–Crippen LogP) is 5.13. The largest absolute Gasteiger partial charge is 0.487 e. The molecule has 4 rings (SSSR count). The van der Waals surface area contributed by atoms with Gasteiger partial charge in [0, 0.05) is 28.0 Å². The van der Waals surface area contributed by atoms with Crippen LogP contribution in [0.3, 0.4) is 0 Å². The molecule has 0 saturated heterocycles. The first-order valence-electron chi connectivity index (χ1n) is 8.50. The molecule has 0 unspecified atom stereocenters. The average Bonchev–Trinajstić information content (AvgIpc) is 3.17. The molecule has 0 saturated carbocycles. The smallest absolute Gasteiger partial charge is 0.142 e. The fourth-order valence-electron chi connectivity index (χ4n) is 3.13. The zero-order valence-electron chi connectivity index (χ0n) is 14.5. The number of oxime groups is 1. The minimum absolute atomic E-state index is 0.161. The summed E-state index contributed by atoms with van der Waals surface area (Å²) < 4.78 is 8.04. The van der Waals surface area contributed by atoms with E-state index in [-0.39, 0.29) is 12.1 Å². The lowest BCUT2D eigenvalue weighted by molar-refractivity contribution is 0.122. The van der Waals surface area contributed by atoms with Gasteiger partial charge in [-0.3, -0.25) is 0 Å². The van der Waals surface area contributed by atoms with Crippen LogP contribution < -0.4 is 4.74 Å². The third-order valence-electron chi connectivity index (χ3n) is 4.41. The number of rotatable bonds is 4. The first-order valence-corrected chi connectivity index (χ1v) is 9.26. The monoisotopic (exact) mass is 401 g/mol. The van der Waals surface area contributed by atoms with Crippen LogP contribution in [-0.2, 0) is 11.4 Å². The molecule has 138 valence electrons. The van der Waals surface area contributed by atoms with Crippen molar-refractivity contribution in [2.45, 2.75) is 25.7 Å². The maximum absolute atomic E-state index is 6.13. The van der Waals surface area contributed by atoms with Crippen LogP contribution in [0.2, 0.25) is 10.0 Å². The topological polar surface area (TPSA) is 48.6 Å². The minimum atomic E-state index is -0.164. The average molecular weight is 402 g/mol. The Hall–Kier alpha value is -2.50. The molecule has 5 nitrogen and oxygen atoms in total. The molecular weight excluding hydrogens is 385 g/mol. The predicted molar refractivity (Wildman–Crippen MR) is 106 cm³/mol. The number of imidazole rings is 1. The molecule has 0 bridgehead atoms. The van der Waals surface area contributed by atoms with Crippen molar-refractivity contribution in [2.75, 3.05) is 0 Å². The number of nitrogens with zero attached hydrogens (tertiary/aromatic N) is 3. The number of hydrogen-bond acceptors (Lipinski definition) is 4. The Morgan fingerprint density at radius 3 is 2.67 bits per heavy atom. The van der Waals surface area contributed by atoms with E-state index in [4.69, 9.17) is 32.8 Å². The molecule has 1 aliphatic rings. The second-order valence-electron chi connectivity index (χ2n) is 6.29. The highest BCUT2D eigenvalue weighted by Gasteiger charge is 2.35. The van der Waals surface area contributed by atoms with Gasteiger partial charge in [0.1, 0.15) is 30.2 Å². The Bertz CT molecular complexity index is 956. The Morgan fingerprint density at radius 1 is 1.15 bits per heavy atom. The van der Waals surface area contributed by atoms with E-state index >= 15 is 0 Å². The van der Waals surface area contributed by atoms with Crippen LogP contribution in [0.4, 0.5) is 0 Å². The molecule has 2 atom stereocenters. The zero-order valence-corrected chi connectivity index (χ0v) is 16.1. The van der Waals surface area contributed by atoms with Gasteiger partial charge in [-0.1, -0.05) is 40.5 Å². The van der Waals surface area contributed by atoms with Gasteiger partial charge < -0.3 is 14.1 Å². The summed E-state index contributed by atoms with van der Waals surface area (Å²) in [6, 6.07) is 12.8. The van der Waals surface area contributed by atoms with Crippen LogP contribution in [0.15, 0.2) is 66.3 Å². The summed E-state index contributed by atoms with van der Waals surface area (Å²) in [6.45, 7) is 2.33. The zero-order chi connectivity index (χ0) is 18.8. The lowest BCUT2D eigenvalue weighted by Gasteiger charge is -2.33. The number of fused-ring (bicyclic) bond motifs is 1. The molecule has 2 aromatic carbocycles. The molecule has 2 heterocycles. The fraction of sp³-hybridized carbons (Fsp3) is 0.200. The summed E-state index contributed by atoms with van der Waals surface area (Å²) >= 11 is 12.1. The van der Waals surface area contributed by atoms with E-state index in [0.717, 1.165) is 16.8 Å². The second kappa shape index (κ2) is 7.62. The second-order valence-corrected chi connectivity index (χ2v) is 7.17. The first-order chi connectivity index (χ1) is 13.1. The van der Waals surface area contributed by atoms with E-state index in [2.05, 4.69) is 10.1 Å². The van der Waals surface area contributed by atoms with Gasteiger partial charge in [-0.25, -0.2) is 4.98 Å². The number of benzene rings is 2. The maximum atomic E-state index is 6.13. The SMILES string of the molecule is C[C@@H]1Oc2cc(Cl)ccc2/C(=N/OCc2ccc(Cl)cc2)[C@H]1n1ccnc1. The molecule has 27 heavy (non-hydrogen) atoms. The summed E-state index contributed by atoms with van der Waals surface area (Å²) in [7, 11) is 0. The Labute approximate surface area is 167 Å². The van der Waals surface area contributed by atoms with E-state index in [1.54, 1.807) is 18.6 Å². The molecular formula is C20H17Cl2N3O2. The van der Waals surface area contributed by atoms with Gasteiger partial charge in [-0.05, 0) is 42.8 Å². The lowest BCUT2D eigenvalue weighted by Crippen LogP contribution is -2.37. The Kier molecular flexibility index (Phi) is 5.05. The maximum Gasteiger partial charge on any atom is 0.142 e. The van der Waals surface area contributed by atoms with E-state index in [1.807, 2.05) is 54.1 Å². The number of ether oxygens (including phenoxy) is 1. The van der Waals surface area contributed by atoms with Gasteiger partial charge in [0.2, 0.25) is 0 Å². The van der Waals surface area contributed by atoms with Crippen molar-refractivity contribution in [3.8, 4) is 5.75 Å². The molecule has 1 aromatic heterocycles. The van der Waals surface area contributed by atoms with Crippen LogP contribution in [0.1, 0.15) is 24.1 Å². The lowest BCUT2D eigenvalue weighted by atomic mass is 9.95. The van der Waals surface area contributed by atoms with Crippen LogP contribution in [0, 0.1) is 0 Å². The van der Waals surface area contributed by atoms with E-state index in [1.165, 1.54) is 0 Å². The van der Waals surface area contributed by atoms with E-state index in [9.17, 15) is 0 Å². The summed E-state index contributed by atoms with van der Waals surface area (Å²) in [5.41, 5.74) is 2.61. The number of hydrogen-bond donors (Lipinski definition) is 0. The summed E-state index contributed by atoms with van der Waals surface area (Å²) in [5.74, 6) is 0.695. The van der Waals surface area contributed by atoms with Crippen molar-refractivity contribution in [2.24, 2.45) is 5.16 Å². The van der Waals surface area contributed by atoms with Crippen LogP contribution in [-0.4, -0.2) is 21.4 Å². The molecule has 0 radical (unpaired) electrons. The van der Waals surface area contributed by atoms with Crippen LogP contribution in [0.25, 0.3) is 0 Å². The molecule has 1 aliphatic heterocycles. The van der Waals surface area contributed by atoms with Gasteiger partial charge in [0.25, 0.3) is 0 Å². The van der Waals surface area contributed by atoms with Crippen molar-refractivity contribution < 1.29 is 9.57 Å². The highest BCUT2D eigenvalue weighted by Crippen LogP contribution is 2.36. The molecule has 3 aromatic rings. The number of halogens is 2. The molecule has 0 aliphatic carbocycles. The van der Waals surface area contributed by atoms with Gasteiger partial charge in [0.15, 0.2) is 0 Å². The van der Waals surface area contributed by atoms with Crippen molar-refractivity contribution in [1.82, 2.24) is 9.55 Å². The van der Waals surface area contributed by atoms with Crippen molar-refractivity contribution >= 4 is 28.9 Å². The number of aromatic nitrogens is 2. The van der Waals surface area contributed by atoms with Crippen molar-refractivity contribution in [3.05, 3.63) is 82.4 Å². The quantitative estimate of drug-likeness (QED) is 0.569. The van der Waals surface area contributed by atoms with Crippen LogP contribution in [0.5, 0.6) is 5.75 Å². The molecule has 0 N–H and O–H groups in total. The Morgan fingerprint density at radius 2 is 1.93 bits per heavy atom. The van der Waals surface area contributed by atoms with E-state index in [0.29, 0.717) is 22.4 Å². The van der Waals surface area contributed by atoms with Gasteiger partial charge in [-0.15, -0.1) is 0 Å². The summed E-state index contributed by atoms with van der Waals surface area (Å²) in [5, 5.41) is 5.78. The highest BCUT2D eigenvalue weighted by atomic mass is 35.5. The first kappa shape index (κ1) is 17.9. The standard InChI is InChI=1S/C20H17Cl2N3O2/c1-13-20(25-9-8-23-12-25)19(17-7-6-16(22)10-18(17)27-13)24-26-11-14-2-4-15(21)5-3-14/h2-10,12-13,20H,11H2,1H3/b24-19-/t13-,20-/m0/s1. The molecule has 0 spiro atoms. The fourth-order valence-corrected chi connectivity index (χ4v) is 3.42. The Balaban J connectivity index is 1.67.